The first kappa shape index (κ1) is 10.4. The second kappa shape index (κ2) is 5.86. The molecule has 1 aromatic rings. The van der Waals surface area contributed by atoms with Gasteiger partial charge in [-0.2, -0.15) is 11.8 Å². The Hall–Kier alpha value is -0.700. The van der Waals surface area contributed by atoms with Crippen molar-refractivity contribution in [3.63, 3.8) is 0 Å². The average Bonchev–Trinajstić information content (AvgIpc) is 2.65. The van der Waals surface area contributed by atoms with Crippen LogP contribution in [0.25, 0.3) is 5.57 Å². The van der Waals surface area contributed by atoms with E-state index in [-0.39, 0.29) is 0 Å². The molecule has 0 aromatic carbocycles. The van der Waals surface area contributed by atoms with E-state index >= 15 is 0 Å². The molecule has 0 N–H and O–H groups in total. The molecular formula is C10H15NOS. The van der Waals surface area contributed by atoms with Crippen molar-refractivity contribution in [2.24, 2.45) is 0 Å². The molecule has 1 aromatic heterocycles. The van der Waals surface area contributed by atoms with Crippen LogP contribution in [0.15, 0.2) is 23.5 Å². The smallest absolute Gasteiger partial charge is 0.221 e. The van der Waals surface area contributed by atoms with Gasteiger partial charge in [0.1, 0.15) is 6.26 Å². The third-order valence-corrected chi connectivity index (χ3v) is 2.78. The van der Waals surface area contributed by atoms with Crippen LogP contribution in [0, 0.1) is 0 Å². The van der Waals surface area contributed by atoms with Gasteiger partial charge >= 0.3 is 0 Å². The van der Waals surface area contributed by atoms with Crippen molar-refractivity contribution in [3.05, 3.63) is 24.9 Å². The van der Waals surface area contributed by atoms with Crippen molar-refractivity contribution in [1.29, 1.82) is 0 Å². The van der Waals surface area contributed by atoms with Crippen LogP contribution in [0.3, 0.4) is 0 Å². The highest BCUT2D eigenvalue weighted by molar-refractivity contribution is 7.99. The van der Waals surface area contributed by atoms with E-state index in [1.807, 2.05) is 11.8 Å². The standard InChI is InChI=1S/C10H15NOS/c1-3-4-7-13-8-9(2)10-11-5-6-12-10/h5-6H,2-4,7-8H2,1H3. The fourth-order valence-corrected chi connectivity index (χ4v) is 1.91. The van der Waals surface area contributed by atoms with Gasteiger partial charge < -0.3 is 4.42 Å². The number of hydrogen-bond donors (Lipinski definition) is 0. The molecule has 0 spiro atoms. The number of hydrogen-bond acceptors (Lipinski definition) is 3. The highest BCUT2D eigenvalue weighted by Gasteiger charge is 2.02. The van der Waals surface area contributed by atoms with Crippen molar-refractivity contribution in [3.8, 4) is 0 Å². The molecule has 13 heavy (non-hydrogen) atoms. The number of aromatic nitrogens is 1. The summed E-state index contributed by atoms with van der Waals surface area (Å²) in [5, 5.41) is 0. The molecule has 0 saturated heterocycles. The molecule has 0 atom stereocenters. The molecule has 0 aliphatic heterocycles. The first-order chi connectivity index (χ1) is 6.34. The highest BCUT2D eigenvalue weighted by atomic mass is 32.2. The maximum absolute atomic E-state index is 5.13. The molecule has 0 radical (unpaired) electrons. The van der Waals surface area contributed by atoms with Crippen molar-refractivity contribution >= 4 is 17.3 Å². The van der Waals surface area contributed by atoms with Gasteiger partial charge in [0.2, 0.25) is 5.89 Å². The fourth-order valence-electron chi connectivity index (χ4n) is 0.902. The van der Waals surface area contributed by atoms with Gasteiger partial charge in [-0.1, -0.05) is 19.9 Å². The predicted molar refractivity (Wildman–Crippen MR) is 57.8 cm³/mol. The van der Waals surface area contributed by atoms with Crippen LogP contribution >= 0.6 is 11.8 Å². The molecule has 0 fully saturated rings. The molecule has 3 heteroatoms. The minimum absolute atomic E-state index is 0.670. The zero-order valence-electron chi connectivity index (χ0n) is 7.95. The molecule has 0 aliphatic rings. The van der Waals surface area contributed by atoms with Gasteiger partial charge in [0.05, 0.1) is 6.20 Å². The maximum Gasteiger partial charge on any atom is 0.221 e. The Morgan fingerprint density at radius 1 is 1.69 bits per heavy atom. The lowest BCUT2D eigenvalue weighted by Gasteiger charge is -2.00. The summed E-state index contributed by atoms with van der Waals surface area (Å²) in [5.41, 5.74) is 0.978. The van der Waals surface area contributed by atoms with Crippen LogP contribution in [-0.2, 0) is 0 Å². The topological polar surface area (TPSA) is 26.0 Å². The van der Waals surface area contributed by atoms with Crippen molar-refractivity contribution in [1.82, 2.24) is 4.98 Å². The van der Waals surface area contributed by atoms with Crippen LogP contribution in [0.5, 0.6) is 0 Å². The molecule has 72 valence electrons. The number of nitrogens with zero attached hydrogens (tertiary/aromatic N) is 1. The van der Waals surface area contributed by atoms with Gasteiger partial charge in [0, 0.05) is 11.3 Å². The van der Waals surface area contributed by atoms with Crippen molar-refractivity contribution in [2.45, 2.75) is 19.8 Å². The Morgan fingerprint density at radius 2 is 2.54 bits per heavy atom. The first-order valence-corrected chi connectivity index (χ1v) is 5.65. The molecule has 1 rings (SSSR count). The minimum atomic E-state index is 0.670. The van der Waals surface area contributed by atoms with Gasteiger partial charge in [0.15, 0.2) is 0 Å². The van der Waals surface area contributed by atoms with Crippen molar-refractivity contribution in [2.75, 3.05) is 11.5 Å². The number of rotatable bonds is 6. The Kier molecular flexibility index (Phi) is 4.68. The summed E-state index contributed by atoms with van der Waals surface area (Å²) >= 11 is 1.88. The Bertz CT molecular complexity index is 243. The van der Waals surface area contributed by atoms with Crippen LogP contribution in [-0.4, -0.2) is 16.5 Å². The van der Waals surface area contributed by atoms with E-state index in [0.717, 1.165) is 11.3 Å². The van der Waals surface area contributed by atoms with Gasteiger partial charge in [-0.05, 0) is 12.2 Å². The van der Waals surface area contributed by atoms with Crippen LogP contribution in [0.2, 0.25) is 0 Å². The van der Waals surface area contributed by atoms with E-state index in [0.29, 0.717) is 5.89 Å². The Balaban J connectivity index is 2.19. The Labute approximate surface area is 83.4 Å². The van der Waals surface area contributed by atoms with E-state index in [9.17, 15) is 0 Å². The summed E-state index contributed by atoms with van der Waals surface area (Å²) in [5.74, 6) is 2.78. The van der Waals surface area contributed by atoms with Crippen LogP contribution in [0.4, 0.5) is 0 Å². The second-order valence-corrected chi connectivity index (χ2v) is 3.95. The summed E-state index contributed by atoms with van der Waals surface area (Å²) in [7, 11) is 0. The molecular weight excluding hydrogens is 182 g/mol. The molecule has 2 nitrogen and oxygen atoms in total. The van der Waals surface area contributed by atoms with E-state index in [2.05, 4.69) is 18.5 Å². The maximum atomic E-state index is 5.13. The largest absolute Gasteiger partial charge is 0.445 e. The van der Waals surface area contributed by atoms with Gasteiger partial charge in [-0.25, -0.2) is 4.98 Å². The summed E-state index contributed by atoms with van der Waals surface area (Å²) in [6.07, 6.45) is 5.75. The van der Waals surface area contributed by atoms with Gasteiger partial charge in [-0.3, -0.25) is 0 Å². The first-order valence-electron chi connectivity index (χ1n) is 4.50. The quantitative estimate of drug-likeness (QED) is 0.655. The zero-order valence-corrected chi connectivity index (χ0v) is 8.77. The van der Waals surface area contributed by atoms with Crippen LogP contribution in [0.1, 0.15) is 25.7 Å². The lowest BCUT2D eigenvalue weighted by molar-refractivity contribution is 0.542. The number of thioether (sulfide) groups is 1. The minimum Gasteiger partial charge on any atom is -0.445 e. The summed E-state index contributed by atoms with van der Waals surface area (Å²) in [6, 6.07) is 0. The van der Waals surface area contributed by atoms with E-state index < -0.39 is 0 Å². The third-order valence-electron chi connectivity index (χ3n) is 1.65. The molecule has 0 aliphatic carbocycles. The SMILES string of the molecule is C=C(CSCCCC)c1ncco1. The van der Waals surface area contributed by atoms with E-state index in [1.54, 1.807) is 12.5 Å². The highest BCUT2D eigenvalue weighted by Crippen LogP contribution is 2.16. The molecule has 0 unspecified atom stereocenters. The average molecular weight is 197 g/mol. The normalized spacial score (nSPS) is 10.2. The van der Waals surface area contributed by atoms with E-state index in [1.165, 1.54) is 18.6 Å². The summed E-state index contributed by atoms with van der Waals surface area (Å²) < 4.78 is 5.13. The monoisotopic (exact) mass is 197 g/mol. The number of unbranched alkanes of at least 4 members (excludes halogenated alkanes) is 1. The predicted octanol–water partition coefficient (Wildman–Crippen LogP) is 3.22. The number of oxazole rings is 1. The van der Waals surface area contributed by atoms with Gasteiger partial charge in [0.25, 0.3) is 0 Å². The lowest BCUT2D eigenvalue weighted by Crippen LogP contribution is -1.88. The molecule has 0 bridgehead atoms. The van der Waals surface area contributed by atoms with E-state index in [4.69, 9.17) is 4.42 Å². The lowest BCUT2D eigenvalue weighted by atomic mass is 10.3. The van der Waals surface area contributed by atoms with Crippen molar-refractivity contribution < 1.29 is 4.42 Å². The summed E-state index contributed by atoms with van der Waals surface area (Å²) in [6.45, 7) is 6.12. The molecule has 0 amide bonds. The zero-order chi connectivity index (χ0) is 9.52. The Morgan fingerprint density at radius 3 is 3.15 bits per heavy atom. The summed E-state index contributed by atoms with van der Waals surface area (Å²) in [4.78, 5) is 4.04. The third kappa shape index (κ3) is 3.68. The molecule has 0 saturated carbocycles. The second-order valence-electron chi connectivity index (χ2n) is 2.85. The molecule has 1 heterocycles. The van der Waals surface area contributed by atoms with Gasteiger partial charge in [-0.15, -0.1) is 0 Å². The fraction of sp³-hybridized carbons (Fsp3) is 0.500. The van der Waals surface area contributed by atoms with Crippen LogP contribution < -0.4 is 0 Å².